The summed E-state index contributed by atoms with van der Waals surface area (Å²) in [5, 5.41) is 13.1. The minimum absolute atomic E-state index is 0.0346. The number of nitrogens with zero attached hydrogens (tertiary/aromatic N) is 2. The van der Waals surface area contributed by atoms with E-state index in [4.69, 9.17) is 10.3 Å². The van der Waals surface area contributed by atoms with Crippen LogP contribution in [0, 0.1) is 0 Å². The van der Waals surface area contributed by atoms with Crippen LogP contribution in [0.25, 0.3) is 0 Å². The highest BCUT2D eigenvalue weighted by Gasteiger charge is 2.46. The first-order valence-corrected chi connectivity index (χ1v) is 12.3. The van der Waals surface area contributed by atoms with Crippen molar-refractivity contribution in [3.63, 3.8) is 0 Å². The van der Waals surface area contributed by atoms with E-state index in [1.807, 2.05) is 0 Å². The number of carbonyl (C=O) groups is 2. The fourth-order valence-corrected chi connectivity index (χ4v) is 6.29. The average molecular weight is 511 g/mol. The molecule has 16 heteroatoms. The number of thioether (sulfide) groups is 1. The lowest BCUT2D eigenvalue weighted by Crippen LogP contribution is -2.42. The lowest BCUT2D eigenvalue weighted by atomic mass is 10.1. The number of rotatable bonds is 10. The summed E-state index contributed by atoms with van der Waals surface area (Å²) >= 11 is 0.872. The molecule has 2 unspecified atom stereocenters. The zero-order valence-electron chi connectivity index (χ0n) is 18.3. The molecule has 33 heavy (non-hydrogen) atoms. The van der Waals surface area contributed by atoms with Crippen LogP contribution in [0.4, 0.5) is 10.2 Å². The molecular formula is C17H27FN5O8PS. The topological polar surface area (TPSA) is 184 Å². The van der Waals surface area contributed by atoms with Gasteiger partial charge >= 0.3 is 25.3 Å². The number of hydrogen-bond acceptors (Lipinski definition) is 11. The molecule has 0 aromatic carbocycles. The van der Waals surface area contributed by atoms with Gasteiger partial charge in [-0.2, -0.15) is 4.98 Å². The van der Waals surface area contributed by atoms with Gasteiger partial charge in [0.05, 0.1) is 26.1 Å². The second-order valence-electron chi connectivity index (χ2n) is 7.14. The maximum Gasteiger partial charge on any atom is 0.350 e. The van der Waals surface area contributed by atoms with Gasteiger partial charge in [0.2, 0.25) is 0 Å². The molecule has 0 saturated carbocycles. The van der Waals surface area contributed by atoms with Crippen LogP contribution in [0.3, 0.4) is 0 Å². The number of hydrogen-bond donors (Lipinski definition) is 4. The van der Waals surface area contributed by atoms with Crippen molar-refractivity contribution in [1.82, 2.24) is 19.7 Å². The predicted octanol–water partition coefficient (Wildman–Crippen LogP) is -0.435. The number of esters is 2. The molecule has 186 valence electrons. The van der Waals surface area contributed by atoms with Crippen LogP contribution < -0.4 is 21.6 Å². The Hall–Kier alpha value is -2.03. The normalized spacial score (nSPS) is 26.2. The Morgan fingerprint density at radius 2 is 1.85 bits per heavy atom. The summed E-state index contributed by atoms with van der Waals surface area (Å²) in [6.07, 6.45) is -2.18. The van der Waals surface area contributed by atoms with Crippen LogP contribution in [-0.4, -0.2) is 77.0 Å². The van der Waals surface area contributed by atoms with E-state index >= 15 is 0 Å². The molecule has 6 atom stereocenters. The number of ether oxygens (including phenoxy) is 2. The van der Waals surface area contributed by atoms with Gasteiger partial charge in [0.1, 0.15) is 29.4 Å². The van der Waals surface area contributed by atoms with Gasteiger partial charge in [-0.1, -0.05) is 0 Å². The third-order valence-electron chi connectivity index (χ3n) is 4.68. The molecule has 2 rings (SSSR count). The first-order chi connectivity index (χ1) is 15.4. The standard InChI is InChI=1S/C17H27FN5O8PS/c1-8(15(25)29-3)21-32(28,22-9(2)16(26)30-4)31-7-10-13(24)12(18)14(33-10)23-6-5-11(19)20-17(23)27/h5-6,8-10,12-14,24H,7H2,1-4H3,(H2,19,20,27)(H2,21,22,28)/t8?,9?,10-,12+,13-,14-,32?/m1/s1. The summed E-state index contributed by atoms with van der Waals surface area (Å²) < 4.78 is 43.7. The van der Waals surface area contributed by atoms with E-state index < -0.39 is 66.9 Å². The number of nitrogens with two attached hydrogens (primary N) is 1. The second-order valence-corrected chi connectivity index (χ2v) is 10.4. The molecule has 2 heterocycles. The molecule has 0 aliphatic carbocycles. The molecule has 1 aliphatic rings. The maximum atomic E-state index is 14.8. The highest BCUT2D eigenvalue weighted by molar-refractivity contribution is 8.00. The minimum Gasteiger partial charge on any atom is -0.468 e. The Labute approximate surface area is 193 Å². The lowest BCUT2D eigenvalue weighted by molar-refractivity contribution is -0.142. The van der Waals surface area contributed by atoms with Crippen LogP contribution >= 0.6 is 19.4 Å². The van der Waals surface area contributed by atoms with E-state index in [9.17, 15) is 28.4 Å². The van der Waals surface area contributed by atoms with E-state index in [0.29, 0.717) is 0 Å². The molecule has 1 aromatic rings. The third kappa shape index (κ3) is 6.74. The molecule has 13 nitrogen and oxygen atoms in total. The first kappa shape index (κ1) is 27.2. The Bertz CT molecular complexity index is 940. The summed E-state index contributed by atoms with van der Waals surface area (Å²) in [6, 6.07) is -0.879. The summed E-state index contributed by atoms with van der Waals surface area (Å²) in [4.78, 5) is 39.1. The van der Waals surface area contributed by atoms with E-state index in [1.54, 1.807) is 0 Å². The quantitative estimate of drug-likeness (QED) is 0.234. The number of aliphatic hydroxyl groups excluding tert-OH is 1. The fourth-order valence-electron chi connectivity index (χ4n) is 2.94. The number of aromatic nitrogens is 2. The molecule has 1 fully saturated rings. The van der Waals surface area contributed by atoms with E-state index in [1.165, 1.54) is 26.1 Å². The van der Waals surface area contributed by atoms with Gasteiger partial charge in [-0.05, 0) is 19.9 Å². The average Bonchev–Trinajstić information content (AvgIpc) is 3.04. The Morgan fingerprint density at radius 1 is 1.30 bits per heavy atom. The van der Waals surface area contributed by atoms with Crippen molar-refractivity contribution in [2.75, 3.05) is 26.6 Å². The van der Waals surface area contributed by atoms with Gasteiger partial charge in [0, 0.05) is 6.20 Å². The lowest BCUT2D eigenvalue weighted by Gasteiger charge is -2.26. The minimum atomic E-state index is -4.12. The molecule has 0 spiro atoms. The molecule has 0 bridgehead atoms. The number of carbonyl (C=O) groups excluding carboxylic acids is 2. The van der Waals surface area contributed by atoms with E-state index in [0.717, 1.165) is 30.5 Å². The number of alkyl halides is 1. The van der Waals surface area contributed by atoms with Crippen molar-refractivity contribution < 1.29 is 37.6 Å². The SMILES string of the molecule is COC(=O)C(C)NP(=O)(NC(C)C(=O)OC)OC[C@H]1S[C@@H](n2ccc(N)nc2=O)[C@@H](F)[C@@H]1O. The monoisotopic (exact) mass is 511 g/mol. The highest BCUT2D eigenvalue weighted by Crippen LogP contribution is 2.46. The molecule has 0 radical (unpaired) electrons. The van der Waals surface area contributed by atoms with Gasteiger partial charge in [0.15, 0.2) is 6.17 Å². The zero-order chi connectivity index (χ0) is 24.9. The van der Waals surface area contributed by atoms with Gasteiger partial charge in [-0.15, -0.1) is 11.8 Å². The number of halogens is 1. The first-order valence-electron chi connectivity index (χ1n) is 9.70. The molecule has 1 aliphatic heterocycles. The van der Waals surface area contributed by atoms with Crippen molar-refractivity contribution in [3.05, 3.63) is 22.7 Å². The number of methoxy groups -OCH3 is 2. The van der Waals surface area contributed by atoms with Crippen molar-refractivity contribution >= 4 is 37.2 Å². The molecular weight excluding hydrogens is 484 g/mol. The van der Waals surface area contributed by atoms with Crippen molar-refractivity contribution in [2.24, 2.45) is 0 Å². The van der Waals surface area contributed by atoms with Gasteiger partial charge in [0.25, 0.3) is 0 Å². The predicted molar refractivity (Wildman–Crippen MR) is 117 cm³/mol. The number of aliphatic hydroxyl groups is 1. The highest BCUT2D eigenvalue weighted by atomic mass is 32.2. The Morgan fingerprint density at radius 3 is 2.33 bits per heavy atom. The van der Waals surface area contributed by atoms with E-state index in [2.05, 4.69) is 24.6 Å². The largest absolute Gasteiger partial charge is 0.468 e. The van der Waals surface area contributed by atoms with Gasteiger partial charge in [-0.25, -0.2) is 19.4 Å². The second kappa shape index (κ2) is 11.4. The van der Waals surface area contributed by atoms with Crippen LogP contribution in [0.2, 0.25) is 0 Å². The summed E-state index contributed by atoms with van der Waals surface area (Å²) in [5.41, 5.74) is 4.65. The van der Waals surface area contributed by atoms with Crippen molar-refractivity contribution in [3.8, 4) is 0 Å². The molecule has 5 N–H and O–H groups in total. The third-order valence-corrected chi connectivity index (χ3v) is 8.17. The summed E-state index contributed by atoms with van der Waals surface area (Å²) in [5.74, 6) is -1.53. The number of anilines is 1. The number of nitrogen functional groups attached to an aromatic ring is 1. The van der Waals surface area contributed by atoms with Crippen LogP contribution in [0.15, 0.2) is 17.1 Å². The van der Waals surface area contributed by atoms with Gasteiger partial charge in [-0.3, -0.25) is 18.7 Å². The maximum absolute atomic E-state index is 14.8. The molecule has 0 amide bonds. The van der Waals surface area contributed by atoms with Crippen LogP contribution in [-0.2, 0) is 28.2 Å². The molecule has 1 aromatic heterocycles. The van der Waals surface area contributed by atoms with Crippen molar-refractivity contribution in [2.45, 2.75) is 48.8 Å². The van der Waals surface area contributed by atoms with Crippen LogP contribution in [0.5, 0.6) is 0 Å². The summed E-state index contributed by atoms with van der Waals surface area (Å²) in [7, 11) is -1.84. The Kier molecular flexibility index (Phi) is 9.40. The van der Waals surface area contributed by atoms with Gasteiger partial charge < -0.3 is 24.8 Å². The molecule has 1 saturated heterocycles. The van der Waals surface area contributed by atoms with E-state index in [-0.39, 0.29) is 5.82 Å². The smallest absolute Gasteiger partial charge is 0.350 e. The summed E-state index contributed by atoms with van der Waals surface area (Å²) in [6.45, 7) is 2.26. The Balaban J connectivity index is 2.17. The number of nitrogens with one attached hydrogen (secondary N) is 2. The zero-order valence-corrected chi connectivity index (χ0v) is 20.0. The van der Waals surface area contributed by atoms with Crippen molar-refractivity contribution in [1.29, 1.82) is 0 Å². The van der Waals surface area contributed by atoms with Crippen LogP contribution in [0.1, 0.15) is 19.2 Å². The fraction of sp³-hybridized carbons (Fsp3) is 0.647.